The zero-order valence-corrected chi connectivity index (χ0v) is 9.38. The van der Waals surface area contributed by atoms with Gasteiger partial charge in [0.05, 0.1) is 0 Å². The van der Waals surface area contributed by atoms with Crippen molar-refractivity contribution in [1.29, 1.82) is 0 Å². The number of quaternary nitrogens is 4. The Labute approximate surface area is 61.8 Å². The Morgan fingerprint density at radius 2 is 0.800 bits per heavy atom. The molecule has 0 bridgehead atoms. The molecule has 0 heterocycles. The van der Waals surface area contributed by atoms with E-state index in [4.69, 9.17) is 14.3 Å². The van der Waals surface area contributed by atoms with Gasteiger partial charge in [0, 0.05) is 0 Å². The van der Waals surface area contributed by atoms with Crippen molar-refractivity contribution in [2.45, 2.75) is 0 Å². The standard InChI is InChI=1S/4H3N.5O.W/h4*1H3;;;;;;/q;;;;;;-2;2*-1;/p+4. The third-order valence-electron chi connectivity index (χ3n) is 0. The maximum absolute atomic E-state index is 8.65. The average Bonchev–Trinajstić information content (AvgIpc) is 0.722. The third-order valence-corrected chi connectivity index (χ3v) is 0. The van der Waals surface area contributed by atoms with Gasteiger partial charge in [-0.25, -0.2) is 0 Å². The summed E-state index contributed by atoms with van der Waals surface area (Å²) < 4.78 is 34.6. The second-order valence-electron chi connectivity index (χ2n) is 0.408. The summed E-state index contributed by atoms with van der Waals surface area (Å²) in [7, 11) is 0. The maximum atomic E-state index is 8.65. The Bertz CT molecular complexity index is 96.8. The van der Waals surface area contributed by atoms with Crippen molar-refractivity contribution in [2.75, 3.05) is 0 Å². The fourth-order valence-electron chi connectivity index (χ4n) is 0. The van der Waals surface area contributed by atoms with Crippen molar-refractivity contribution in [1.82, 2.24) is 24.6 Å². The van der Waals surface area contributed by atoms with Crippen LogP contribution in [0.15, 0.2) is 0 Å². The fourth-order valence-corrected chi connectivity index (χ4v) is 0. The molecule has 0 aliphatic rings. The number of hydrogen-bond acceptors (Lipinski definition) is 4. The zero-order valence-electron chi connectivity index (χ0n) is 6.45. The van der Waals surface area contributed by atoms with Crippen LogP contribution in [0.4, 0.5) is 0 Å². The number of rotatable bonds is 0. The average molecular weight is 336 g/mol. The molecule has 10 heteroatoms. The molecule has 9 nitrogen and oxygen atoms in total. The van der Waals surface area contributed by atoms with E-state index in [2.05, 4.69) is 0 Å². The molecule has 0 aliphatic carbocycles. The Morgan fingerprint density at radius 3 is 0.800 bits per heavy atom. The molecule has 0 radical (unpaired) electrons. The molecule has 0 saturated heterocycles. The third kappa shape index (κ3) is 5690000. The first-order valence-corrected chi connectivity index (χ1v) is 5.46. The van der Waals surface area contributed by atoms with E-state index in [-0.39, 0.29) is 30.1 Å². The first-order chi connectivity index (χ1) is 2.00. The summed E-state index contributed by atoms with van der Waals surface area (Å²) in [6.07, 6.45) is 0. The SMILES string of the molecule is [NH4+].[NH4+].[NH4+].[NH4+].[O-2].[O]=[W](=[O])([O-])[O-]. The van der Waals surface area contributed by atoms with Crippen LogP contribution in [-0.4, -0.2) is 0 Å². The van der Waals surface area contributed by atoms with E-state index in [1.807, 2.05) is 0 Å². The molecular weight excluding hydrogens is 320 g/mol. The molecule has 0 aliphatic heterocycles. The van der Waals surface area contributed by atoms with Gasteiger partial charge in [0.1, 0.15) is 0 Å². The summed E-state index contributed by atoms with van der Waals surface area (Å²) in [5, 5.41) is 0. The van der Waals surface area contributed by atoms with Gasteiger partial charge in [0.2, 0.25) is 0 Å². The minimum atomic E-state index is -6.17. The van der Waals surface area contributed by atoms with Crippen LogP contribution >= 0.6 is 0 Å². The molecule has 0 aromatic heterocycles. The molecule has 0 fully saturated rings. The van der Waals surface area contributed by atoms with E-state index in [1.54, 1.807) is 0 Å². The van der Waals surface area contributed by atoms with Crippen molar-refractivity contribution in [3.63, 3.8) is 0 Å². The predicted molar refractivity (Wildman–Crippen MR) is 26.0 cm³/mol. The first-order valence-electron chi connectivity index (χ1n) is 0.667. The first kappa shape index (κ1) is 50.6. The molecule has 0 unspecified atom stereocenters. The molecular formula is H16N4O5W. The van der Waals surface area contributed by atoms with Crippen LogP contribution in [0.2, 0.25) is 0 Å². The van der Waals surface area contributed by atoms with Gasteiger partial charge in [-0.2, -0.15) is 0 Å². The Hall–Kier alpha value is 0.00831. The van der Waals surface area contributed by atoms with Crippen LogP contribution in [0.5, 0.6) is 0 Å². The van der Waals surface area contributed by atoms with Gasteiger partial charge in [-0.05, 0) is 0 Å². The van der Waals surface area contributed by atoms with Crippen molar-refractivity contribution in [3.8, 4) is 0 Å². The molecule has 0 amide bonds. The summed E-state index contributed by atoms with van der Waals surface area (Å²) in [6.45, 7) is 0. The monoisotopic (exact) mass is 336 g/mol. The molecule has 0 aromatic rings. The molecule has 0 rings (SSSR count). The summed E-state index contributed by atoms with van der Waals surface area (Å²) in [6, 6.07) is 0. The van der Waals surface area contributed by atoms with Gasteiger partial charge in [-0.1, -0.05) is 0 Å². The van der Waals surface area contributed by atoms with Crippen LogP contribution < -0.4 is 32.1 Å². The summed E-state index contributed by atoms with van der Waals surface area (Å²) in [4.78, 5) is 0. The van der Waals surface area contributed by atoms with E-state index in [1.165, 1.54) is 0 Å². The van der Waals surface area contributed by atoms with E-state index in [9.17, 15) is 0 Å². The molecule has 16 N–H and O–H groups in total. The van der Waals surface area contributed by atoms with Crippen molar-refractivity contribution < 1.29 is 36.5 Å². The van der Waals surface area contributed by atoms with Gasteiger partial charge >= 0.3 is 31.1 Å². The summed E-state index contributed by atoms with van der Waals surface area (Å²) in [5.74, 6) is 0. The van der Waals surface area contributed by atoms with E-state index >= 15 is 0 Å². The molecule has 0 atom stereocenters. The molecule has 10 heavy (non-hydrogen) atoms. The van der Waals surface area contributed by atoms with Crippen LogP contribution in [0.25, 0.3) is 0 Å². The van der Waals surface area contributed by atoms with Crippen LogP contribution in [0, 0.1) is 0 Å². The second-order valence-corrected chi connectivity index (χ2v) is 3.34. The molecule has 0 spiro atoms. The second kappa shape index (κ2) is 16.0. The summed E-state index contributed by atoms with van der Waals surface area (Å²) in [5.41, 5.74) is 0. The van der Waals surface area contributed by atoms with E-state index in [0.29, 0.717) is 0 Å². The van der Waals surface area contributed by atoms with E-state index in [0.717, 1.165) is 0 Å². The van der Waals surface area contributed by atoms with Crippen LogP contribution in [0.3, 0.4) is 0 Å². The van der Waals surface area contributed by atoms with Crippen LogP contribution in [0.1, 0.15) is 0 Å². The number of hydrogen-bond donors (Lipinski definition) is 4. The Balaban J connectivity index is -0.00000000800. The Morgan fingerprint density at radius 1 is 0.800 bits per heavy atom. The molecule has 72 valence electrons. The molecule has 0 aromatic carbocycles. The molecule has 0 saturated carbocycles. The quantitative estimate of drug-likeness (QED) is 0.423. The van der Waals surface area contributed by atoms with E-state index < -0.39 is 16.7 Å². The van der Waals surface area contributed by atoms with Crippen LogP contribution in [-0.2, 0) is 29.0 Å². The van der Waals surface area contributed by atoms with Crippen molar-refractivity contribution >= 4 is 0 Å². The Kier molecular flexibility index (Phi) is 80.9. The minimum absolute atomic E-state index is 0. The van der Waals surface area contributed by atoms with Gasteiger partial charge < -0.3 is 30.1 Å². The zero-order chi connectivity index (χ0) is 4.50. The van der Waals surface area contributed by atoms with Gasteiger partial charge in [-0.15, -0.1) is 0 Å². The van der Waals surface area contributed by atoms with Gasteiger partial charge in [0.25, 0.3) is 0 Å². The fraction of sp³-hybridized carbons (Fsp3) is 0. The van der Waals surface area contributed by atoms with Gasteiger partial charge in [-0.3, -0.25) is 0 Å². The predicted octanol–water partition coefficient (Wildman–Crippen LogP) is -1.23. The normalized spacial score (nSPS) is 5.80. The topological polar surface area (TPSA) is 255 Å². The van der Waals surface area contributed by atoms with Gasteiger partial charge in [0.15, 0.2) is 0 Å². The van der Waals surface area contributed by atoms with Crippen molar-refractivity contribution in [2.24, 2.45) is 0 Å². The summed E-state index contributed by atoms with van der Waals surface area (Å²) >= 11 is -6.17. The van der Waals surface area contributed by atoms with Crippen molar-refractivity contribution in [3.05, 3.63) is 0 Å².